The van der Waals surface area contributed by atoms with E-state index in [1.807, 2.05) is 18.7 Å². The minimum Gasteiger partial charge on any atom is -0.491 e. The second-order valence-electron chi connectivity index (χ2n) is 10.0. The number of carbonyl (C=O) groups excluding carboxylic acids is 2. The van der Waals surface area contributed by atoms with Gasteiger partial charge in [0.2, 0.25) is 15.9 Å². The quantitative estimate of drug-likeness (QED) is 0.669. The van der Waals surface area contributed by atoms with E-state index in [0.29, 0.717) is 18.8 Å². The number of nitrogens with one attached hydrogen (secondary N) is 1. The summed E-state index contributed by atoms with van der Waals surface area (Å²) in [7, 11) is -0.211. The van der Waals surface area contributed by atoms with Gasteiger partial charge in [0, 0.05) is 44.8 Å². The molecule has 0 radical (unpaired) electrons. The fourth-order valence-electron chi connectivity index (χ4n) is 4.95. The van der Waals surface area contributed by atoms with Gasteiger partial charge in [-0.3, -0.25) is 14.3 Å². The van der Waals surface area contributed by atoms with Crippen LogP contribution < -0.4 is 9.46 Å². The van der Waals surface area contributed by atoms with Crippen LogP contribution >= 0.6 is 0 Å². The lowest BCUT2D eigenvalue weighted by Gasteiger charge is -2.38. The SMILES string of the molecule is CO[C@H]1CN(C)C(=O)c2cc(NS(C)(=O)=O)ccc2OC[C@H](C)N(C(=O)C2CCCCC2)C[C@H]1C. The molecule has 2 amide bonds. The summed E-state index contributed by atoms with van der Waals surface area (Å²) in [6.45, 7) is 5.05. The Bertz CT molecular complexity index is 1010. The van der Waals surface area contributed by atoms with Crippen molar-refractivity contribution in [2.24, 2.45) is 11.8 Å². The predicted octanol–water partition coefficient (Wildman–Crippen LogP) is 2.97. The summed E-state index contributed by atoms with van der Waals surface area (Å²) in [5, 5.41) is 0. The fraction of sp³-hybridized carbons (Fsp3) is 0.680. The second-order valence-corrected chi connectivity index (χ2v) is 11.8. The van der Waals surface area contributed by atoms with Gasteiger partial charge in [-0.15, -0.1) is 0 Å². The van der Waals surface area contributed by atoms with E-state index in [-0.39, 0.29) is 53.7 Å². The lowest BCUT2D eigenvalue weighted by Crippen LogP contribution is -2.50. The Morgan fingerprint density at radius 1 is 1.14 bits per heavy atom. The van der Waals surface area contributed by atoms with E-state index in [1.165, 1.54) is 12.5 Å². The molecule has 9 nitrogen and oxygen atoms in total. The Labute approximate surface area is 209 Å². The molecule has 0 aromatic heterocycles. The first-order valence-corrected chi connectivity index (χ1v) is 14.2. The maximum absolute atomic E-state index is 13.6. The van der Waals surface area contributed by atoms with E-state index in [2.05, 4.69) is 4.72 Å². The van der Waals surface area contributed by atoms with Crippen LogP contribution in [-0.2, 0) is 19.6 Å². The number of methoxy groups -OCH3 is 1. The maximum atomic E-state index is 13.6. The van der Waals surface area contributed by atoms with E-state index in [9.17, 15) is 18.0 Å². The number of sulfonamides is 1. The number of rotatable bonds is 4. The summed E-state index contributed by atoms with van der Waals surface area (Å²) in [5.74, 6) is 0.239. The van der Waals surface area contributed by atoms with E-state index in [0.717, 1.165) is 31.9 Å². The van der Waals surface area contributed by atoms with Crippen LogP contribution in [-0.4, -0.2) is 82.3 Å². The van der Waals surface area contributed by atoms with Crippen molar-refractivity contribution >= 4 is 27.5 Å². The molecule has 0 unspecified atom stereocenters. The number of likely N-dealkylation sites (N-methyl/N-ethyl adjacent to an activating group) is 1. The van der Waals surface area contributed by atoms with Gasteiger partial charge >= 0.3 is 0 Å². The summed E-state index contributed by atoms with van der Waals surface area (Å²) in [6, 6.07) is 4.44. The molecule has 2 aliphatic rings. The Morgan fingerprint density at radius 3 is 2.46 bits per heavy atom. The number of amides is 2. The normalized spacial score (nSPS) is 25.2. The van der Waals surface area contributed by atoms with Gasteiger partial charge in [-0.25, -0.2) is 8.42 Å². The highest BCUT2D eigenvalue weighted by molar-refractivity contribution is 7.92. The van der Waals surface area contributed by atoms with Gasteiger partial charge < -0.3 is 19.3 Å². The topological polar surface area (TPSA) is 105 Å². The van der Waals surface area contributed by atoms with Crippen molar-refractivity contribution in [3.05, 3.63) is 23.8 Å². The van der Waals surface area contributed by atoms with Crippen molar-refractivity contribution in [3.63, 3.8) is 0 Å². The molecule has 1 aliphatic carbocycles. The number of anilines is 1. The zero-order valence-corrected chi connectivity index (χ0v) is 22.3. The standard InChI is InChI=1S/C25H39N3O6S/c1-17-14-28(24(29)19-9-7-6-8-10-19)18(2)16-34-22-12-11-20(26-35(5,31)32)13-21(22)25(30)27(3)15-23(17)33-4/h11-13,17-19,23,26H,6-10,14-16H2,1-5H3/t17-,18+,23+/m1/s1. The van der Waals surface area contributed by atoms with Crippen molar-refractivity contribution in [3.8, 4) is 5.75 Å². The van der Waals surface area contributed by atoms with Crippen molar-refractivity contribution in [2.75, 3.05) is 44.8 Å². The monoisotopic (exact) mass is 509 g/mol. The molecule has 196 valence electrons. The van der Waals surface area contributed by atoms with Gasteiger partial charge in [0.1, 0.15) is 12.4 Å². The van der Waals surface area contributed by atoms with E-state index in [4.69, 9.17) is 9.47 Å². The number of fused-ring (bicyclic) bond motifs is 1. The molecule has 0 saturated heterocycles. The molecule has 3 atom stereocenters. The molecular formula is C25H39N3O6S. The number of ether oxygens (including phenoxy) is 2. The summed E-state index contributed by atoms with van der Waals surface area (Å²) in [4.78, 5) is 30.4. The fourth-order valence-corrected chi connectivity index (χ4v) is 5.50. The number of carbonyl (C=O) groups is 2. The van der Waals surface area contributed by atoms with Gasteiger partial charge in [-0.1, -0.05) is 26.2 Å². The molecular weight excluding hydrogens is 470 g/mol. The van der Waals surface area contributed by atoms with Crippen LogP contribution in [0, 0.1) is 11.8 Å². The molecule has 1 N–H and O–H groups in total. The summed E-state index contributed by atoms with van der Waals surface area (Å²) in [6.07, 6.45) is 5.95. The van der Waals surface area contributed by atoms with E-state index >= 15 is 0 Å². The van der Waals surface area contributed by atoms with Crippen molar-refractivity contribution in [2.45, 2.75) is 58.1 Å². The number of nitrogens with zero attached hydrogens (tertiary/aromatic N) is 2. The van der Waals surface area contributed by atoms with Crippen LogP contribution in [0.3, 0.4) is 0 Å². The van der Waals surface area contributed by atoms with E-state index < -0.39 is 10.0 Å². The van der Waals surface area contributed by atoms with Crippen LogP contribution in [0.5, 0.6) is 5.75 Å². The van der Waals surface area contributed by atoms with Gasteiger partial charge in [-0.05, 0) is 38.0 Å². The molecule has 10 heteroatoms. The van der Waals surface area contributed by atoms with Crippen molar-refractivity contribution in [1.29, 1.82) is 0 Å². The first-order chi connectivity index (χ1) is 16.5. The Morgan fingerprint density at radius 2 is 1.83 bits per heavy atom. The average molecular weight is 510 g/mol. The number of hydrogen-bond donors (Lipinski definition) is 1. The highest BCUT2D eigenvalue weighted by Gasteiger charge is 2.33. The third-order valence-electron chi connectivity index (χ3n) is 6.99. The summed E-state index contributed by atoms with van der Waals surface area (Å²) >= 11 is 0. The molecule has 1 fully saturated rings. The highest BCUT2D eigenvalue weighted by Crippen LogP contribution is 2.29. The van der Waals surface area contributed by atoms with Gasteiger partial charge in [-0.2, -0.15) is 0 Å². The maximum Gasteiger partial charge on any atom is 0.257 e. The van der Waals surface area contributed by atoms with Gasteiger partial charge in [0.15, 0.2) is 0 Å². The predicted molar refractivity (Wildman–Crippen MR) is 135 cm³/mol. The first-order valence-electron chi connectivity index (χ1n) is 12.3. The Hall–Kier alpha value is -2.33. The molecule has 1 aliphatic heterocycles. The molecule has 0 bridgehead atoms. The molecule has 35 heavy (non-hydrogen) atoms. The minimum absolute atomic E-state index is 0.0117. The molecule has 1 aromatic rings. The van der Waals surface area contributed by atoms with Crippen LogP contribution in [0.25, 0.3) is 0 Å². The molecule has 1 saturated carbocycles. The van der Waals surface area contributed by atoms with Crippen molar-refractivity contribution < 1.29 is 27.5 Å². The lowest BCUT2D eigenvalue weighted by molar-refractivity contribution is -0.141. The molecule has 3 rings (SSSR count). The first kappa shape index (κ1) is 27.3. The van der Waals surface area contributed by atoms with Crippen LogP contribution in [0.4, 0.5) is 5.69 Å². The highest BCUT2D eigenvalue weighted by atomic mass is 32.2. The summed E-state index contributed by atoms with van der Waals surface area (Å²) < 4.78 is 37.7. The van der Waals surface area contributed by atoms with Crippen molar-refractivity contribution in [1.82, 2.24) is 9.80 Å². The van der Waals surface area contributed by atoms with Crippen LogP contribution in [0.1, 0.15) is 56.3 Å². The third-order valence-corrected chi connectivity index (χ3v) is 7.59. The molecule has 1 aromatic carbocycles. The van der Waals surface area contributed by atoms with Gasteiger partial charge in [0.05, 0.1) is 24.0 Å². The third kappa shape index (κ3) is 7.10. The van der Waals surface area contributed by atoms with E-state index in [1.54, 1.807) is 31.2 Å². The second kappa shape index (κ2) is 11.6. The van der Waals surface area contributed by atoms with Crippen LogP contribution in [0.2, 0.25) is 0 Å². The minimum atomic E-state index is -3.51. The number of benzene rings is 1. The van der Waals surface area contributed by atoms with Crippen LogP contribution in [0.15, 0.2) is 18.2 Å². The zero-order chi connectivity index (χ0) is 25.8. The van der Waals surface area contributed by atoms with Gasteiger partial charge in [0.25, 0.3) is 5.91 Å². The average Bonchev–Trinajstić information content (AvgIpc) is 2.82. The molecule has 1 heterocycles. The Balaban J connectivity index is 1.95. The largest absolute Gasteiger partial charge is 0.491 e. The Kier molecular flexibility index (Phi) is 9.04. The summed E-state index contributed by atoms with van der Waals surface area (Å²) in [5.41, 5.74) is 0.532. The zero-order valence-electron chi connectivity index (χ0n) is 21.5. The number of hydrogen-bond acceptors (Lipinski definition) is 6. The molecule has 0 spiro atoms. The lowest BCUT2D eigenvalue weighted by atomic mass is 9.87. The smallest absolute Gasteiger partial charge is 0.257 e.